The molecule has 0 bridgehead atoms. The highest BCUT2D eigenvalue weighted by atomic mass is 14.7. The SMILES string of the molecule is CCc1ccccc1C(N)Cc1ccc(C)cn1. The molecule has 1 heterocycles. The molecule has 2 heteroatoms. The first-order valence-electron chi connectivity index (χ1n) is 6.45. The second-order valence-electron chi connectivity index (χ2n) is 4.69. The minimum atomic E-state index is 0.0244. The maximum Gasteiger partial charge on any atom is 0.0422 e. The summed E-state index contributed by atoms with van der Waals surface area (Å²) in [6.45, 7) is 4.21. The quantitative estimate of drug-likeness (QED) is 0.891. The molecule has 0 fully saturated rings. The summed E-state index contributed by atoms with van der Waals surface area (Å²) in [7, 11) is 0. The Morgan fingerprint density at radius 1 is 1.17 bits per heavy atom. The third kappa shape index (κ3) is 2.96. The molecule has 2 rings (SSSR count). The summed E-state index contributed by atoms with van der Waals surface area (Å²) in [4.78, 5) is 4.42. The first-order valence-corrected chi connectivity index (χ1v) is 6.45. The standard InChI is InChI=1S/C16H20N2/c1-3-13-6-4-5-7-15(13)16(17)10-14-9-8-12(2)11-18-14/h4-9,11,16H,3,10,17H2,1-2H3. The van der Waals surface area contributed by atoms with E-state index in [0.717, 1.165) is 18.5 Å². The second kappa shape index (κ2) is 5.78. The van der Waals surface area contributed by atoms with Crippen LogP contribution >= 0.6 is 0 Å². The molecule has 0 radical (unpaired) electrons. The maximum absolute atomic E-state index is 6.30. The Bertz CT molecular complexity index is 503. The van der Waals surface area contributed by atoms with Crippen molar-refractivity contribution >= 4 is 0 Å². The van der Waals surface area contributed by atoms with E-state index in [1.165, 1.54) is 16.7 Å². The fourth-order valence-electron chi connectivity index (χ4n) is 2.17. The Hall–Kier alpha value is -1.67. The van der Waals surface area contributed by atoms with Crippen LogP contribution in [0.1, 0.15) is 35.3 Å². The zero-order valence-corrected chi connectivity index (χ0v) is 11.1. The molecule has 2 N–H and O–H groups in total. The lowest BCUT2D eigenvalue weighted by atomic mass is 9.96. The van der Waals surface area contributed by atoms with Crippen LogP contribution in [0.25, 0.3) is 0 Å². The molecule has 0 aliphatic rings. The van der Waals surface area contributed by atoms with E-state index in [4.69, 9.17) is 5.73 Å². The van der Waals surface area contributed by atoms with Crippen LogP contribution < -0.4 is 5.73 Å². The van der Waals surface area contributed by atoms with E-state index in [0.29, 0.717) is 0 Å². The van der Waals surface area contributed by atoms with Gasteiger partial charge in [0.2, 0.25) is 0 Å². The molecule has 94 valence electrons. The van der Waals surface area contributed by atoms with Crippen molar-refractivity contribution in [3.05, 3.63) is 65.0 Å². The zero-order chi connectivity index (χ0) is 13.0. The van der Waals surface area contributed by atoms with Gasteiger partial charge in [-0.2, -0.15) is 0 Å². The Kier molecular flexibility index (Phi) is 4.11. The van der Waals surface area contributed by atoms with Crippen molar-refractivity contribution in [2.45, 2.75) is 32.7 Å². The number of nitrogens with zero attached hydrogens (tertiary/aromatic N) is 1. The largest absolute Gasteiger partial charge is 0.324 e. The molecule has 0 amide bonds. The predicted octanol–water partition coefficient (Wildman–Crippen LogP) is 3.19. The second-order valence-corrected chi connectivity index (χ2v) is 4.69. The van der Waals surface area contributed by atoms with Crippen molar-refractivity contribution in [2.75, 3.05) is 0 Å². The van der Waals surface area contributed by atoms with Crippen LogP contribution in [-0.4, -0.2) is 4.98 Å². The molecular formula is C16H20N2. The topological polar surface area (TPSA) is 38.9 Å². The molecule has 0 saturated carbocycles. The Morgan fingerprint density at radius 2 is 1.94 bits per heavy atom. The van der Waals surface area contributed by atoms with Crippen LogP contribution in [0.15, 0.2) is 42.6 Å². The number of nitrogens with two attached hydrogens (primary N) is 1. The van der Waals surface area contributed by atoms with E-state index in [1.807, 2.05) is 13.1 Å². The minimum Gasteiger partial charge on any atom is -0.324 e. The van der Waals surface area contributed by atoms with Crippen molar-refractivity contribution in [1.29, 1.82) is 0 Å². The van der Waals surface area contributed by atoms with Crippen molar-refractivity contribution in [3.8, 4) is 0 Å². The van der Waals surface area contributed by atoms with Crippen LogP contribution in [0.3, 0.4) is 0 Å². The van der Waals surface area contributed by atoms with Crippen LogP contribution in [0.2, 0.25) is 0 Å². The van der Waals surface area contributed by atoms with E-state index >= 15 is 0 Å². The Labute approximate surface area is 109 Å². The predicted molar refractivity (Wildman–Crippen MR) is 75.4 cm³/mol. The number of benzene rings is 1. The molecule has 1 atom stereocenters. The van der Waals surface area contributed by atoms with E-state index in [2.05, 4.69) is 48.3 Å². The highest BCUT2D eigenvalue weighted by Crippen LogP contribution is 2.19. The summed E-state index contributed by atoms with van der Waals surface area (Å²) in [6.07, 6.45) is 3.70. The smallest absolute Gasteiger partial charge is 0.0422 e. The highest BCUT2D eigenvalue weighted by Gasteiger charge is 2.10. The average molecular weight is 240 g/mol. The van der Waals surface area contributed by atoms with Gasteiger partial charge in [-0.3, -0.25) is 4.98 Å². The normalized spacial score (nSPS) is 12.4. The number of hydrogen-bond donors (Lipinski definition) is 1. The molecule has 18 heavy (non-hydrogen) atoms. The fraction of sp³-hybridized carbons (Fsp3) is 0.312. The van der Waals surface area contributed by atoms with Gasteiger partial charge >= 0.3 is 0 Å². The van der Waals surface area contributed by atoms with Gasteiger partial charge < -0.3 is 5.73 Å². The van der Waals surface area contributed by atoms with E-state index in [9.17, 15) is 0 Å². The Balaban J connectivity index is 2.16. The number of hydrogen-bond acceptors (Lipinski definition) is 2. The first kappa shape index (κ1) is 12.8. The lowest BCUT2D eigenvalue weighted by Crippen LogP contribution is -2.16. The van der Waals surface area contributed by atoms with Gasteiger partial charge in [0, 0.05) is 24.4 Å². The lowest BCUT2D eigenvalue weighted by Gasteiger charge is -2.15. The third-order valence-corrected chi connectivity index (χ3v) is 3.24. The number of aromatic nitrogens is 1. The number of pyridine rings is 1. The van der Waals surface area contributed by atoms with Gasteiger partial charge in [0.15, 0.2) is 0 Å². The molecule has 1 unspecified atom stereocenters. The van der Waals surface area contributed by atoms with Crippen molar-refractivity contribution in [1.82, 2.24) is 4.98 Å². The minimum absolute atomic E-state index is 0.0244. The van der Waals surface area contributed by atoms with Crippen LogP contribution in [0.5, 0.6) is 0 Å². The first-order chi connectivity index (χ1) is 8.70. The number of aryl methyl sites for hydroxylation is 2. The third-order valence-electron chi connectivity index (χ3n) is 3.24. The Morgan fingerprint density at radius 3 is 2.61 bits per heavy atom. The molecule has 0 saturated heterocycles. The molecule has 1 aromatic carbocycles. The van der Waals surface area contributed by atoms with Gasteiger partial charge in [-0.05, 0) is 36.1 Å². The summed E-state index contributed by atoms with van der Waals surface area (Å²) in [5, 5.41) is 0. The van der Waals surface area contributed by atoms with E-state index in [1.54, 1.807) is 0 Å². The van der Waals surface area contributed by atoms with Crippen molar-refractivity contribution in [3.63, 3.8) is 0 Å². The van der Waals surface area contributed by atoms with Crippen LogP contribution in [0, 0.1) is 6.92 Å². The summed E-state index contributed by atoms with van der Waals surface area (Å²) in [5.74, 6) is 0. The molecule has 0 aliphatic carbocycles. The fourth-order valence-corrected chi connectivity index (χ4v) is 2.17. The average Bonchev–Trinajstić information content (AvgIpc) is 2.41. The molecule has 1 aromatic heterocycles. The van der Waals surface area contributed by atoms with Crippen LogP contribution in [-0.2, 0) is 12.8 Å². The van der Waals surface area contributed by atoms with Gasteiger partial charge in [0.05, 0.1) is 0 Å². The van der Waals surface area contributed by atoms with Crippen molar-refractivity contribution < 1.29 is 0 Å². The maximum atomic E-state index is 6.30. The van der Waals surface area contributed by atoms with Gasteiger partial charge in [0.1, 0.15) is 0 Å². The van der Waals surface area contributed by atoms with Gasteiger partial charge in [-0.15, -0.1) is 0 Å². The molecule has 0 spiro atoms. The summed E-state index contributed by atoms with van der Waals surface area (Å²) in [5.41, 5.74) is 11.1. The number of rotatable bonds is 4. The summed E-state index contributed by atoms with van der Waals surface area (Å²) >= 11 is 0. The monoisotopic (exact) mass is 240 g/mol. The zero-order valence-electron chi connectivity index (χ0n) is 11.1. The molecule has 2 aromatic rings. The molecule has 0 aliphatic heterocycles. The van der Waals surface area contributed by atoms with Gasteiger partial charge in [-0.25, -0.2) is 0 Å². The lowest BCUT2D eigenvalue weighted by molar-refractivity contribution is 0.697. The van der Waals surface area contributed by atoms with E-state index in [-0.39, 0.29) is 6.04 Å². The highest BCUT2D eigenvalue weighted by molar-refractivity contribution is 5.30. The summed E-state index contributed by atoms with van der Waals surface area (Å²) < 4.78 is 0. The van der Waals surface area contributed by atoms with Crippen LogP contribution in [0.4, 0.5) is 0 Å². The van der Waals surface area contributed by atoms with Crippen molar-refractivity contribution in [2.24, 2.45) is 5.73 Å². The molecular weight excluding hydrogens is 220 g/mol. The molecule has 2 nitrogen and oxygen atoms in total. The summed E-state index contributed by atoms with van der Waals surface area (Å²) in [6, 6.07) is 12.6. The van der Waals surface area contributed by atoms with E-state index < -0.39 is 0 Å². The van der Waals surface area contributed by atoms with Gasteiger partial charge in [-0.1, -0.05) is 37.3 Å². The van der Waals surface area contributed by atoms with Gasteiger partial charge in [0.25, 0.3) is 0 Å².